The highest BCUT2D eigenvalue weighted by Gasteiger charge is 2.14. The van der Waals surface area contributed by atoms with E-state index in [1.165, 1.54) is 18.2 Å². The Morgan fingerprint density at radius 3 is 2.45 bits per heavy atom. The fraction of sp³-hybridized carbons (Fsp3) is 0.263. The number of rotatable bonds is 10. The summed E-state index contributed by atoms with van der Waals surface area (Å²) in [4.78, 5) is 23.4. The minimum atomic E-state index is -3.74. The zero-order valence-electron chi connectivity index (χ0n) is 15.8. The zero-order valence-corrected chi connectivity index (χ0v) is 17.3. The number of halogens is 1. The number of benzene rings is 2. The summed E-state index contributed by atoms with van der Waals surface area (Å²) in [6, 6.07) is 12.4. The van der Waals surface area contributed by atoms with Crippen molar-refractivity contribution in [2.24, 2.45) is 0 Å². The molecule has 0 saturated heterocycles. The van der Waals surface area contributed by atoms with Crippen molar-refractivity contribution in [1.82, 2.24) is 10.0 Å². The highest BCUT2D eigenvalue weighted by molar-refractivity contribution is 7.89. The van der Waals surface area contributed by atoms with Crippen molar-refractivity contribution in [3.63, 3.8) is 0 Å². The minimum Gasteiger partial charge on any atom is -0.484 e. The number of carbonyl (C=O) groups excluding carboxylic acids is 2. The molecular weight excluding hydrogens is 418 g/mol. The van der Waals surface area contributed by atoms with Crippen molar-refractivity contribution in [3.05, 3.63) is 53.6 Å². The van der Waals surface area contributed by atoms with E-state index in [4.69, 9.17) is 16.3 Å². The Bertz CT molecular complexity index is 949. The van der Waals surface area contributed by atoms with Gasteiger partial charge >= 0.3 is 0 Å². The van der Waals surface area contributed by atoms with Gasteiger partial charge in [0.15, 0.2) is 6.61 Å². The van der Waals surface area contributed by atoms with Gasteiger partial charge < -0.3 is 15.4 Å². The Morgan fingerprint density at radius 2 is 1.79 bits per heavy atom. The van der Waals surface area contributed by atoms with Crippen LogP contribution in [0.5, 0.6) is 5.75 Å². The van der Waals surface area contributed by atoms with Crippen LogP contribution in [0.1, 0.15) is 13.3 Å². The average Bonchev–Trinajstić information content (AvgIpc) is 2.67. The molecule has 10 heteroatoms. The predicted octanol–water partition coefficient (Wildman–Crippen LogP) is 2.16. The van der Waals surface area contributed by atoms with Gasteiger partial charge in [0, 0.05) is 30.2 Å². The van der Waals surface area contributed by atoms with E-state index in [1.54, 1.807) is 30.3 Å². The highest BCUT2D eigenvalue weighted by Crippen LogP contribution is 2.16. The number of hydrogen-bond acceptors (Lipinski definition) is 5. The van der Waals surface area contributed by atoms with E-state index >= 15 is 0 Å². The van der Waals surface area contributed by atoms with Crippen LogP contribution in [0, 0.1) is 0 Å². The number of carbonyl (C=O) groups is 2. The molecule has 0 radical (unpaired) electrons. The van der Waals surface area contributed by atoms with Gasteiger partial charge in [0.1, 0.15) is 5.75 Å². The maximum Gasteiger partial charge on any atom is 0.257 e. The molecule has 2 rings (SSSR count). The summed E-state index contributed by atoms with van der Waals surface area (Å²) in [6.07, 6.45) is -0.0464. The fourth-order valence-electron chi connectivity index (χ4n) is 2.27. The maximum atomic E-state index is 12.2. The van der Waals surface area contributed by atoms with Crippen LogP contribution in [0.15, 0.2) is 53.4 Å². The first-order chi connectivity index (χ1) is 13.8. The van der Waals surface area contributed by atoms with Crippen LogP contribution < -0.4 is 20.1 Å². The number of hydrogen-bond donors (Lipinski definition) is 3. The van der Waals surface area contributed by atoms with E-state index in [0.29, 0.717) is 23.0 Å². The highest BCUT2D eigenvalue weighted by atomic mass is 35.5. The normalized spacial score (nSPS) is 11.0. The van der Waals surface area contributed by atoms with E-state index in [-0.39, 0.29) is 36.3 Å². The molecule has 0 bridgehead atoms. The summed E-state index contributed by atoms with van der Waals surface area (Å²) in [5.74, 6) is -0.0802. The van der Waals surface area contributed by atoms with E-state index < -0.39 is 10.0 Å². The smallest absolute Gasteiger partial charge is 0.257 e. The Morgan fingerprint density at radius 1 is 1.07 bits per heavy atom. The first-order valence-electron chi connectivity index (χ1n) is 8.85. The number of amides is 2. The summed E-state index contributed by atoms with van der Waals surface area (Å²) < 4.78 is 32.0. The van der Waals surface area contributed by atoms with Crippen LogP contribution in [0.4, 0.5) is 5.69 Å². The number of likely N-dealkylation sites (N-methyl/N-ethyl adjacent to an activating group) is 1. The molecule has 8 nitrogen and oxygen atoms in total. The Kier molecular flexibility index (Phi) is 8.44. The Hall–Kier alpha value is -2.62. The van der Waals surface area contributed by atoms with Gasteiger partial charge in [-0.2, -0.15) is 0 Å². The molecule has 0 fully saturated rings. The molecular formula is C19H22ClN3O5S. The van der Waals surface area contributed by atoms with E-state index in [1.807, 2.05) is 6.92 Å². The van der Waals surface area contributed by atoms with Crippen LogP contribution in [0.3, 0.4) is 0 Å². The molecule has 0 atom stereocenters. The third-order valence-corrected chi connectivity index (χ3v) is 5.33. The predicted molar refractivity (Wildman–Crippen MR) is 111 cm³/mol. The fourth-order valence-corrected chi connectivity index (χ4v) is 3.60. The average molecular weight is 440 g/mol. The van der Waals surface area contributed by atoms with Gasteiger partial charge in [0.05, 0.1) is 4.90 Å². The topological polar surface area (TPSA) is 114 Å². The molecule has 0 aromatic heterocycles. The van der Waals surface area contributed by atoms with Gasteiger partial charge in [-0.05, 0) is 49.4 Å². The third kappa shape index (κ3) is 7.72. The second-order valence-corrected chi connectivity index (χ2v) is 8.12. The van der Waals surface area contributed by atoms with E-state index in [9.17, 15) is 18.0 Å². The van der Waals surface area contributed by atoms with Gasteiger partial charge in [0.2, 0.25) is 15.9 Å². The molecule has 156 valence electrons. The van der Waals surface area contributed by atoms with Crippen molar-refractivity contribution in [1.29, 1.82) is 0 Å². The van der Waals surface area contributed by atoms with Crippen molar-refractivity contribution in [2.75, 3.05) is 25.0 Å². The molecule has 0 aliphatic heterocycles. The summed E-state index contributed by atoms with van der Waals surface area (Å²) in [6.45, 7) is 2.20. The molecule has 29 heavy (non-hydrogen) atoms. The van der Waals surface area contributed by atoms with Gasteiger partial charge in [-0.25, -0.2) is 13.1 Å². The molecule has 2 aromatic rings. The molecule has 0 spiro atoms. The van der Waals surface area contributed by atoms with Crippen LogP contribution >= 0.6 is 11.6 Å². The molecule has 2 aromatic carbocycles. The molecule has 2 amide bonds. The van der Waals surface area contributed by atoms with Crippen molar-refractivity contribution in [3.8, 4) is 5.75 Å². The number of anilines is 1. The first kappa shape index (κ1) is 22.7. The van der Waals surface area contributed by atoms with Crippen LogP contribution in [-0.2, 0) is 19.6 Å². The minimum absolute atomic E-state index is 0.0358. The quantitative estimate of drug-likeness (QED) is 0.525. The lowest BCUT2D eigenvalue weighted by Crippen LogP contribution is -2.28. The van der Waals surface area contributed by atoms with Crippen molar-refractivity contribution >= 4 is 39.1 Å². The molecule has 0 unspecified atom stereocenters. The molecule has 0 heterocycles. The number of nitrogens with one attached hydrogen (secondary N) is 3. The molecule has 3 N–H and O–H groups in total. The van der Waals surface area contributed by atoms with E-state index in [0.717, 1.165) is 0 Å². The van der Waals surface area contributed by atoms with Crippen LogP contribution in [-0.4, -0.2) is 39.9 Å². The second-order valence-electron chi connectivity index (χ2n) is 5.92. The van der Waals surface area contributed by atoms with Gasteiger partial charge in [-0.1, -0.05) is 17.7 Å². The SMILES string of the molecule is CCNC(=O)COc1ccc(NC(=O)CCNS(=O)(=O)c2cccc(Cl)c2)cc1. The second kappa shape index (κ2) is 10.8. The largest absolute Gasteiger partial charge is 0.484 e. The van der Waals surface area contributed by atoms with Gasteiger partial charge in [0.25, 0.3) is 5.91 Å². The maximum absolute atomic E-state index is 12.2. The summed E-state index contributed by atoms with van der Waals surface area (Å²) in [5, 5.41) is 5.59. The summed E-state index contributed by atoms with van der Waals surface area (Å²) in [7, 11) is -3.74. The summed E-state index contributed by atoms with van der Waals surface area (Å²) >= 11 is 5.80. The summed E-state index contributed by atoms with van der Waals surface area (Å²) in [5.41, 5.74) is 0.526. The Balaban J connectivity index is 1.78. The molecule has 0 aliphatic carbocycles. The third-order valence-electron chi connectivity index (χ3n) is 3.63. The zero-order chi connectivity index (χ0) is 21.3. The standard InChI is InChI=1S/C19H22ClN3O5S/c1-2-21-19(25)13-28-16-8-6-15(7-9-16)23-18(24)10-11-22-29(26,27)17-5-3-4-14(20)12-17/h3-9,12,22H,2,10-11,13H2,1H3,(H,21,25)(H,23,24). The number of ether oxygens (including phenoxy) is 1. The van der Waals surface area contributed by atoms with Crippen LogP contribution in [0.2, 0.25) is 5.02 Å². The monoisotopic (exact) mass is 439 g/mol. The van der Waals surface area contributed by atoms with Crippen molar-refractivity contribution in [2.45, 2.75) is 18.2 Å². The lowest BCUT2D eigenvalue weighted by molar-refractivity contribution is -0.123. The molecule has 0 saturated carbocycles. The lowest BCUT2D eigenvalue weighted by Gasteiger charge is -2.09. The lowest BCUT2D eigenvalue weighted by atomic mass is 10.3. The van der Waals surface area contributed by atoms with Gasteiger partial charge in [-0.3, -0.25) is 9.59 Å². The molecule has 0 aliphatic rings. The van der Waals surface area contributed by atoms with Gasteiger partial charge in [-0.15, -0.1) is 0 Å². The number of sulfonamides is 1. The Labute approximate surface area is 174 Å². The van der Waals surface area contributed by atoms with E-state index in [2.05, 4.69) is 15.4 Å². The van der Waals surface area contributed by atoms with Crippen molar-refractivity contribution < 1.29 is 22.7 Å². The van der Waals surface area contributed by atoms with Crippen LogP contribution in [0.25, 0.3) is 0 Å². The first-order valence-corrected chi connectivity index (χ1v) is 10.7.